The fraction of sp³-hybridized carbons (Fsp3) is 0.200. The van der Waals surface area contributed by atoms with Crippen molar-refractivity contribution < 1.29 is 9.53 Å². The Kier molecular flexibility index (Phi) is 5.96. The van der Waals surface area contributed by atoms with Gasteiger partial charge in [0.2, 0.25) is 5.91 Å². The summed E-state index contributed by atoms with van der Waals surface area (Å²) in [5.74, 6) is 0.444. The van der Waals surface area contributed by atoms with Gasteiger partial charge in [-0.15, -0.1) is 0 Å². The van der Waals surface area contributed by atoms with Crippen LogP contribution < -0.4 is 10.1 Å². The summed E-state index contributed by atoms with van der Waals surface area (Å²) in [6, 6.07) is 17.7. The van der Waals surface area contributed by atoms with Crippen LogP contribution in [-0.2, 0) is 11.2 Å². The molecule has 0 aliphatic carbocycles. The van der Waals surface area contributed by atoms with Crippen LogP contribution in [0.3, 0.4) is 0 Å². The van der Waals surface area contributed by atoms with Crippen molar-refractivity contribution in [2.45, 2.75) is 26.7 Å². The lowest BCUT2D eigenvalue weighted by molar-refractivity contribution is -0.116. The Bertz CT molecular complexity index is 1250. The number of aromatic nitrogens is 2. The van der Waals surface area contributed by atoms with E-state index in [1.54, 1.807) is 13.2 Å². The highest BCUT2D eigenvalue weighted by Crippen LogP contribution is 2.31. The molecule has 2 aromatic heterocycles. The second kappa shape index (κ2) is 8.82. The van der Waals surface area contributed by atoms with Crippen molar-refractivity contribution in [1.82, 2.24) is 9.38 Å². The number of hydrogen-bond donors (Lipinski definition) is 1. The molecule has 158 valence electrons. The first-order valence-corrected chi connectivity index (χ1v) is 10.5. The summed E-state index contributed by atoms with van der Waals surface area (Å²) in [5, 5.41) is 3.55. The van der Waals surface area contributed by atoms with E-state index < -0.39 is 0 Å². The van der Waals surface area contributed by atoms with Crippen molar-refractivity contribution >= 4 is 28.8 Å². The van der Waals surface area contributed by atoms with Gasteiger partial charge < -0.3 is 14.5 Å². The van der Waals surface area contributed by atoms with Crippen LogP contribution in [-0.4, -0.2) is 22.4 Å². The van der Waals surface area contributed by atoms with Gasteiger partial charge in [0.25, 0.3) is 0 Å². The molecule has 1 amide bonds. The molecule has 0 aliphatic heterocycles. The Labute approximate surface area is 186 Å². The average Bonchev–Trinajstić information content (AvgIpc) is 3.13. The molecule has 31 heavy (non-hydrogen) atoms. The number of halogens is 1. The van der Waals surface area contributed by atoms with Crippen LogP contribution in [0.25, 0.3) is 16.9 Å². The number of ether oxygens (including phenoxy) is 1. The van der Waals surface area contributed by atoms with Crippen LogP contribution in [0, 0.1) is 13.8 Å². The molecule has 2 aromatic carbocycles. The summed E-state index contributed by atoms with van der Waals surface area (Å²) in [7, 11) is 1.56. The third kappa shape index (κ3) is 4.42. The molecule has 0 radical (unpaired) electrons. The molecule has 4 aromatic rings. The van der Waals surface area contributed by atoms with E-state index in [4.69, 9.17) is 21.3 Å². The molecule has 5 nitrogen and oxygen atoms in total. The van der Waals surface area contributed by atoms with E-state index in [1.165, 1.54) is 5.56 Å². The minimum absolute atomic E-state index is 0.0965. The number of imidazole rings is 1. The molecule has 4 rings (SSSR count). The number of rotatable bonds is 6. The third-order valence-corrected chi connectivity index (χ3v) is 5.70. The van der Waals surface area contributed by atoms with Gasteiger partial charge in [0.05, 0.1) is 24.2 Å². The number of anilines is 1. The largest absolute Gasteiger partial charge is 0.495 e. The van der Waals surface area contributed by atoms with E-state index in [2.05, 4.69) is 40.9 Å². The summed E-state index contributed by atoms with van der Waals surface area (Å²) >= 11 is 6.17. The molecule has 0 unspecified atom stereocenters. The molecule has 0 atom stereocenters. The number of aryl methyl sites for hydroxylation is 3. The van der Waals surface area contributed by atoms with Crippen molar-refractivity contribution in [2.75, 3.05) is 12.4 Å². The second-order valence-electron chi connectivity index (χ2n) is 7.55. The minimum atomic E-state index is -0.0965. The normalized spacial score (nSPS) is 11.0. The van der Waals surface area contributed by atoms with Crippen molar-refractivity contribution in [3.05, 3.63) is 82.6 Å². The van der Waals surface area contributed by atoms with Gasteiger partial charge in [0, 0.05) is 29.3 Å². The maximum atomic E-state index is 12.8. The van der Waals surface area contributed by atoms with E-state index in [-0.39, 0.29) is 5.91 Å². The van der Waals surface area contributed by atoms with Gasteiger partial charge in [-0.3, -0.25) is 4.79 Å². The Morgan fingerprint density at radius 2 is 1.90 bits per heavy atom. The zero-order valence-electron chi connectivity index (χ0n) is 17.8. The van der Waals surface area contributed by atoms with Gasteiger partial charge in [0.15, 0.2) is 0 Å². The Morgan fingerprint density at radius 1 is 1.13 bits per heavy atom. The predicted molar refractivity (Wildman–Crippen MR) is 125 cm³/mol. The molecule has 0 spiro atoms. The van der Waals surface area contributed by atoms with Gasteiger partial charge in [-0.2, -0.15) is 0 Å². The zero-order chi connectivity index (χ0) is 22.0. The lowest BCUT2D eigenvalue weighted by atomic mass is 10.1. The van der Waals surface area contributed by atoms with Crippen LogP contribution in [0.5, 0.6) is 5.75 Å². The van der Waals surface area contributed by atoms with E-state index >= 15 is 0 Å². The highest BCUT2D eigenvalue weighted by molar-refractivity contribution is 6.31. The number of hydrogen-bond acceptors (Lipinski definition) is 3. The monoisotopic (exact) mass is 433 g/mol. The van der Waals surface area contributed by atoms with Crippen molar-refractivity contribution in [1.29, 1.82) is 0 Å². The predicted octanol–water partition coefficient (Wildman–Crippen LogP) is 5.85. The molecule has 0 aliphatic rings. The van der Waals surface area contributed by atoms with Crippen LogP contribution in [0.4, 0.5) is 5.69 Å². The molecule has 0 saturated carbocycles. The Hall–Kier alpha value is -3.31. The van der Waals surface area contributed by atoms with Gasteiger partial charge in [-0.25, -0.2) is 4.98 Å². The lowest BCUT2D eigenvalue weighted by Gasteiger charge is -2.12. The summed E-state index contributed by atoms with van der Waals surface area (Å²) in [6.07, 6.45) is 2.85. The number of amides is 1. The van der Waals surface area contributed by atoms with Gasteiger partial charge in [0.1, 0.15) is 11.4 Å². The lowest BCUT2D eigenvalue weighted by Crippen LogP contribution is -2.14. The van der Waals surface area contributed by atoms with Crippen LogP contribution >= 0.6 is 11.6 Å². The number of carbonyl (C=O) groups is 1. The van der Waals surface area contributed by atoms with Gasteiger partial charge in [-0.1, -0.05) is 47.5 Å². The molecular weight excluding hydrogens is 410 g/mol. The van der Waals surface area contributed by atoms with Crippen LogP contribution in [0.2, 0.25) is 5.02 Å². The quantitative estimate of drug-likeness (QED) is 0.415. The van der Waals surface area contributed by atoms with Crippen LogP contribution in [0.1, 0.15) is 23.2 Å². The second-order valence-corrected chi connectivity index (χ2v) is 7.96. The average molecular weight is 434 g/mol. The van der Waals surface area contributed by atoms with Crippen LogP contribution in [0.15, 0.2) is 60.8 Å². The fourth-order valence-corrected chi connectivity index (χ4v) is 3.76. The smallest absolute Gasteiger partial charge is 0.224 e. The topological polar surface area (TPSA) is 55.6 Å². The summed E-state index contributed by atoms with van der Waals surface area (Å²) < 4.78 is 7.41. The fourth-order valence-electron chi connectivity index (χ4n) is 3.60. The number of pyridine rings is 1. The first-order chi connectivity index (χ1) is 15.0. The zero-order valence-corrected chi connectivity index (χ0v) is 18.5. The number of methoxy groups -OCH3 is 1. The SMILES string of the molecule is COc1cc(Cl)c(C)cc1NC(=O)CCc1c(-c2ccc(C)cc2)nc2ccccn12. The third-order valence-electron chi connectivity index (χ3n) is 5.30. The van der Waals surface area contributed by atoms with E-state index in [0.29, 0.717) is 29.3 Å². The molecule has 0 saturated heterocycles. The highest BCUT2D eigenvalue weighted by Gasteiger charge is 2.16. The number of benzene rings is 2. The molecule has 0 fully saturated rings. The molecule has 0 bridgehead atoms. The van der Waals surface area contributed by atoms with Gasteiger partial charge in [-0.05, 0) is 44.0 Å². The summed E-state index contributed by atoms with van der Waals surface area (Å²) in [6.45, 7) is 3.95. The maximum Gasteiger partial charge on any atom is 0.224 e. The Balaban J connectivity index is 1.59. The molecular formula is C25H24ClN3O2. The first kappa shape index (κ1) is 20.9. The number of carbonyl (C=O) groups excluding carboxylic acids is 1. The highest BCUT2D eigenvalue weighted by atomic mass is 35.5. The summed E-state index contributed by atoms with van der Waals surface area (Å²) in [5.41, 5.74) is 6.50. The number of fused-ring (bicyclic) bond motifs is 1. The maximum absolute atomic E-state index is 12.8. The van der Waals surface area contributed by atoms with E-state index in [1.807, 2.05) is 37.4 Å². The first-order valence-electron chi connectivity index (χ1n) is 10.1. The van der Waals surface area contributed by atoms with Crippen molar-refractivity contribution in [2.24, 2.45) is 0 Å². The minimum Gasteiger partial charge on any atom is -0.495 e. The van der Waals surface area contributed by atoms with E-state index in [9.17, 15) is 4.79 Å². The van der Waals surface area contributed by atoms with E-state index in [0.717, 1.165) is 28.2 Å². The standard InChI is InChI=1S/C25H24ClN3O2/c1-16-7-9-18(10-8-16)25-21(29-13-5-4-6-23(29)28-25)11-12-24(30)27-20-14-17(2)19(26)15-22(20)31-3/h4-10,13-15H,11-12H2,1-3H3,(H,27,30). The number of nitrogens with zero attached hydrogens (tertiary/aromatic N) is 2. The Morgan fingerprint density at radius 3 is 2.65 bits per heavy atom. The number of nitrogens with one attached hydrogen (secondary N) is 1. The molecule has 6 heteroatoms. The molecule has 2 heterocycles. The molecule has 1 N–H and O–H groups in total. The summed E-state index contributed by atoms with van der Waals surface area (Å²) in [4.78, 5) is 17.6. The van der Waals surface area contributed by atoms with Gasteiger partial charge >= 0.3 is 0 Å². The van der Waals surface area contributed by atoms with Crippen molar-refractivity contribution in [3.8, 4) is 17.0 Å². The van der Waals surface area contributed by atoms with Crippen molar-refractivity contribution in [3.63, 3.8) is 0 Å².